The predicted molar refractivity (Wildman–Crippen MR) is 55.5 cm³/mol. The van der Waals surface area contributed by atoms with Crippen LogP contribution in [-0.4, -0.2) is 18.1 Å². The van der Waals surface area contributed by atoms with Gasteiger partial charge in [0.15, 0.2) is 5.75 Å². The largest absolute Gasteiger partial charge is 1.00 e. The molecule has 0 saturated carbocycles. The Kier molecular flexibility index (Phi) is 6.10. The number of phenolic OH excluding ortho intramolecular Hbond substituents is 1. The van der Waals surface area contributed by atoms with E-state index in [-0.39, 0.29) is 39.6 Å². The Labute approximate surface area is 126 Å². The Balaban J connectivity index is 0.00000225. The molecule has 0 atom stereocenters. The number of hydrogen-bond acceptors (Lipinski definition) is 4. The molecule has 0 aliphatic heterocycles. The van der Waals surface area contributed by atoms with Crippen LogP contribution in [0.3, 0.4) is 0 Å². The summed E-state index contributed by atoms with van der Waals surface area (Å²) >= 11 is 11.4. The van der Waals surface area contributed by atoms with E-state index in [1.165, 1.54) is 0 Å². The van der Waals surface area contributed by atoms with Gasteiger partial charge in [-0.15, -0.1) is 0 Å². The number of aromatic hydroxyl groups is 1. The molecule has 8 heteroatoms. The molecule has 16 heavy (non-hydrogen) atoms. The maximum atomic E-state index is 10.7. The minimum atomic E-state index is -4.77. The zero-order valence-corrected chi connectivity index (χ0v) is 12.9. The van der Waals surface area contributed by atoms with Gasteiger partial charge >= 0.3 is 29.6 Å². The molecule has 0 fully saturated rings. The normalized spacial score (nSPS) is 11.0. The van der Waals surface area contributed by atoms with Crippen molar-refractivity contribution in [2.75, 3.05) is 0 Å². The molecule has 1 N–H and O–H groups in total. The van der Waals surface area contributed by atoms with Crippen molar-refractivity contribution >= 4 is 33.3 Å². The second kappa shape index (κ2) is 5.91. The van der Waals surface area contributed by atoms with E-state index in [1.54, 1.807) is 6.92 Å². The Morgan fingerprint density at radius 1 is 1.44 bits per heavy atom. The van der Waals surface area contributed by atoms with Gasteiger partial charge in [-0.1, -0.05) is 30.1 Å². The van der Waals surface area contributed by atoms with Crippen LogP contribution in [0.15, 0.2) is 11.0 Å². The van der Waals surface area contributed by atoms with Gasteiger partial charge in [-0.3, -0.25) is 0 Å². The van der Waals surface area contributed by atoms with Crippen molar-refractivity contribution < 1.29 is 47.6 Å². The van der Waals surface area contributed by atoms with Gasteiger partial charge in [-0.05, 0) is 18.1 Å². The quantitative estimate of drug-likeness (QED) is 0.570. The van der Waals surface area contributed by atoms with Crippen molar-refractivity contribution in [2.24, 2.45) is 0 Å². The molecule has 0 spiro atoms. The van der Waals surface area contributed by atoms with E-state index < -0.39 is 20.8 Å². The van der Waals surface area contributed by atoms with Gasteiger partial charge < -0.3 is 9.66 Å². The van der Waals surface area contributed by atoms with Gasteiger partial charge in [0.2, 0.25) is 0 Å². The SMILES string of the molecule is CCc1c(Cl)cc(S(=O)(=O)[O-])c(O)c1Cl.[Na+]. The Bertz CT molecular complexity index is 501. The Hall–Kier alpha value is 0.510. The van der Waals surface area contributed by atoms with Gasteiger partial charge in [0.1, 0.15) is 10.1 Å². The van der Waals surface area contributed by atoms with Crippen LogP contribution in [0.5, 0.6) is 5.75 Å². The zero-order valence-electron chi connectivity index (χ0n) is 8.62. The maximum absolute atomic E-state index is 10.7. The minimum absolute atomic E-state index is 0. The van der Waals surface area contributed by atoms with Crippen molar-refractivity contribution in [3.05, 3.63) is 21.7 Å². The van der Waals surface area contributed by atoms with Crippen molar-refractivity contribution in [2.45, 2.75) is 18.2 Å². The van der Waals surface area contributed by atoms with E-state index >= 15 is 0 Å². The summed E-state index contributed by atoms with van der Waals surface area (Å²) < 4.78 is 32.2. The van der Waals surface area contributed by atoms with Crippen molar-refractivity contribution in [3.63, 3.8) is 0 Å². The molecule has 0 aliphatic carbocycles. The summed E-state index contributed by atoms with van der Waals surface area (Å²) in [7, 11) is -4.77. The van der Waals surface area contributed by atoms with E-state index in [0.717, 1.165) is 6.07 Å². The molecule has 0 saturated heterocycles. The number of hydrogen-bond donors (Lipinski definition) is 1. The number of halogens is 2. The maximum Gasteiger partial charge on any atom is 1.00 e. The average Bonchev–Trinajstić information content (AvgIpc) is 2.10. The predicted octanol–water partition coefficient (Wildman–Crippen LogP) is -0.830. The van der Waals surface area contributed by atoms with Crippen LogP contribution in [0.25, 0.3) is 0 Å². The molecule has 0 amide bonds. The first kappa shape index (κ1) is 16.5. The molecule has 0 aromatic heterocycles. The van der Waals surface area contributed by atoms with Crippen molar-refractivity contribution in [1.82, 2.24) is 0 Å². The van der Waals surface area contributed by atoms with Gasteiger partial charge in [-0.2, -0.15) is 0 Å². The van der Waals surface area contributed by atoms with E-state index in [1.807, 2.05) is 0 Å². The minimum Gasteiger partial charge on any atom is -0.744 e. The monoisotopic (exact) mass is 292 g/mol. The molecule has 1 aromatic carbocycles. The third-order valence-corrected chi connectivity index (χ3v) is 3.47. The number of rotatable bonds is 2. The zero-order chi connectivity index (χ0) is 11.8. The second-order valence-corrected chi connectivity index (χ2v) is 4.94. The first-order valence-corrected chi connectivity index (χ1v) is 6.11. The topological polar surface area (TPSA) is 77.4 Å². The third-order valence-electron chi connectivity index (χ3n) is 1.88. The number of benzene rings is 1. The van der Waals surface area contributed by atoms with Crippen LogP contribution in [0.1, 0.15) is 12.5 Å². The fourth-order valence-corrected chi connectivity index (χ4v) is 2.59. The van der Waals surface area contributed by atoms with E-state index in [9.17, 15) is 18.1 Å². The van der Waals surface area contributed by atoms with Gasteiger partial charge in [0.25, 0.3) is 0 Å². The van der Waals surface area contributed by atoms with Crippen LogP contribution >= 0.6 is 23.2 Å². The van der Waals surface area contributed by atoms with Crippen LogP contribution < -0.4 is 29.6 Å². The summed E-state index contributed by atoms with van der Waals surface area (Å²) in [5.74, 6) is -0.743. The van der Waals surface area contributed by atoms with E-state index in [0.29, 0.717) is 12.0 Å². The number of phenols is 1. The third kappa shape index (κ3) is 3.26. The molecule has 84 valence electrons. The molecule has 0 radical (unpaired) electrons. The fraction of sp³-hybridized carbons (Fsp3) is 0.250. The molecule has 1 aromatic rings. The van der Waals surface area contributed by atoms with Crippen LogP contribution in [0, 0.1) is 0 Å². The van der Waals surface area contributed by atoms with Crippen molar-refractivity contribution in [3.8, 4) is 5.75 Å². The molecule has 0 heterocycles. The molecule has 0 unspecified atom stereocenters. The summed E-state index contributed by atoms with van der Waals surface area (Å²) in [6.45, 7) is 1.73. The average molecular weight is 293 g/mol. The first-order valence-electron chi connectivity index (χ1n) is 3.94. The van der Waals surface area contributed by atoms with Crippen LogP contribution in [0.2, 0.25) is 10.0 Å². The second-order valence-electron chi connectivity index (χ2n) is 2.81. The van der Waals surface area contributed by atoms with E-state index in [2.05, 4.69) is 0 Å². The van der Waals surface area contributed by atoms with Gasteiger partial charge in [-0.25, -0.2) is 8.42 Å². The Morgan fingerprint density at radius 3 is 2.31 bits per heavy atom. The summed E-state index contributed by atoms with van der Waals surface area (Å²) in [4.78, 5) is -0.797. The summed E-state index contributed by atoms with van der Waals surface area (Å²) in [6.07, 6.45) is 0.421. The molecule has 4 nitrogen and oxygen atoms in total. The smallest absolute Gasteiger partial charge is 0.744 e. The molecule has 1 rings (SSSR count). The summed E-state index contributed by atoms with van der Waals surface area (Å²) in [5, 5.41) is 9.26. The Morgan fingerprint density at radius 2 is 1.94 bits per heavy atom. The molecular weight excluding hydrogens is 286 g/mol. The van der Waals surface area contributed by atoms with Crippen LogP contribution in [0.4, 0.5) is 0 Å². The summed E-state index contributed by atoms with van der Waals surface area (Å²) in [6, 6.07) is 0.907. The fourth-order valence-electron chi connectivity index (χ4n) is 1.14. The van der Waals surface area contributed by atoms with Crippen LogP contribution in [-0.2, 0) is 16.5 Å². The van der Waals surface area contributed by atoms with Crippen molar-refractivity contribution in [1.29, 1.82) is 0 Å². The first-order chi connectivity index (χ1) is 6.79. The van der Waals surface area contributed by atoms with Gasteiger partial charge in [0, 0.05) is 5.02 Å². The summed E-state index contributed by atoms with van der Waals surface area (Å²) in [5.41, 5.74) is 0.406. The van der Waals surface area contributed by atoms with Gasteiger partial charge in [0.05, 0.1) is 9.92 Å². The molecule has 0 aliphatic rings. The molecule has 0 bridgehead atoms. The molecular formula is C8H7Cl2NaO4S. The van der Waals surface area contributed by atoms with E-state index in [4.69, 9.17) is 23.2 Å². The standard InChI is InChI=1S/C8H8Cl2O4S.Na/c1-2-4-5(9)3-6(15(12,13)14)8(11)7(4)10;/h3,11H,2H2,1H3,(H,12,13,14);/q;+1/p-1.